The summed E-state index contributed by atoms with van der Waals surface area (Å²) in [6.07, 6.45) is 1.60. The lowest BCUT2D eigenvalue weighted by Gasteiger charge is -2.11. The fraction of sp³-hybridized carbons (Fsp3) is 0.143. The number of methoxy groups -OCH3 is 2. The summed E-state index contributed by atoms with van der Waals surface area (Å²) in [5.41, 5.74) is 2.30. The van der Waals surface area contributed by atoms with E-state index < -0.39 is 0 Å². The lowest BCUT2D eigenvalue weighted by molar-refractivity contribution is 0.0951. The molecule has 3 aromatic rings. The van der Waals surface area contributed by atoms with Gasteiger partial charge in [0.25, 0.3) is 5.91 Å². The van der Waals surface area contributed by atoms with Crippen molar-refractivity contribution in [3.05, 3.63) is 78.0 Å². The first-order valence-corrected chi connectivity index (χ1v) is 8.47. The van der Waals surface area contributed by atoms with Crippen molar-refractivity contribution in [1.29, 1.82) is 0 Å². The zero-order valence-corrected chi connectivity index (χ0v) is 15.2. The number of carbonyl (C=O) groups is 1. The van der Waals surface area contributed by atoms with Crippen molar-refractivity contribution >= 4 is 17.4 Å². The van der Waals surface area contributed by atoms with Crippen LogP contribution < -0.4 is 20.1 Å². The molecule has 1 aromatic heterocycles. The average Bonchev–Trinajstić information content (AvgIpc) is 2.73. The largest absolute Gasteiger partial charge is 0.497 e. The molecule has 27 heavy (non-hydrogen) atoms. The highest BCUT2D eigenvalue weighted by atomic mass is 16.5. The molecular weight excluding hydrogens is 342 g/mol. The first-order valence-electron chi connectivity index (χ1n) is 8.47. The van der Waals surface area contributed by atoms with Gasteiger partial charge in [0.05, 0.1) is 19.9 Å². The number of aromatic nitrogens is 1. The van der Waals surface area contributed by atoms with E-state index in [2.05, 4.69) is 15.6 Å². The van der Waals surface area contributed by atoms with Gasteiger partial charge in [-0.15, -0.1) is 0 Å². The minimum atomic E-state index is -0.170. The molecule has 1 heterocycles. The number of carbonyl (C=O) groups excluding carboxylic acids is 1. The van der Waals surface area contributed by atoms with E-state index in [1.54, 1.807) is 32.5 Å². The van der Waals surface area contributed by atoms with E-state index in [1.165, 1.54) is 0 Å². The molecule has 0 atom stereocenters. The number of hydrogen-bond acceptors (Lipinski definition) is 5. The number of para-hydroxylation sites is 2. The van der Waals surface area contributed by atoms with Crippen LogP contribution in [0.15, 0.2) is 66.9 Å². The highest BCUT2D eigenvalue weighted by Gasteiger charge is 2.08. The number of amides is 1. The predicted octanol–water partition coefficient (Wildman–Crippen LogP) is 3.77. The Morgan fingerprint density at radius 1 is 1.00 bits per heavy atom. The van der Waals surface area contributed by atoms with Crippen molar-refractivity contribution in [2.45, 2.75) is 6.54 Å². The Hall–Kier alpha value is -3.54. The first-order chi connectivity index (χ1) is 13.2. The monoisotopic (exact) mass is 363 g/mol. The highest BCUT2D eigenvalue weighted by molar-refractivity contribution is 5.94. The Morgan fingerprint density at radius 3 is 2.52 bits per heavy atom. The van der Waals surface area contributed by atoms with Gasteiger partial charge in [-0.3, -0.25) is 4.79 Å². The van der Waals surface area contributed by atoms with Gasteiger partial charge in [-0.05, 0) is 42.0 Å². The van der Waals surface area contributed by atoms with Gasteiger partial charge in [-0.2, -0.15) is 0 Å². The number of ether oxygens (including phenoxy) is 2. The van der Waals surface area contributed by atoms with Crippen LogP contribution >= 0.6 is 0 Å². The molecule has 0 saturated carbocycles. The third kappa shape index (κ3) is 4.76. The summed E-state index contributed by atoms with van der Waals surface area (Å²) in [5.74, 6) is 1.88. The molecule has 138 valence electrons. The molecule has 3 rings (SSSR count). The van der Waals surface area contributed by atoms with Gasteiger partial charge in [0.1, 0.15) is 17.3 Å². The van der Waals surface area contributed by atoms with Crippen LogP contribution in [0.2, 0.25) is 0 Å². The Bertz CT molecular complexity index is 911. The van der Waals surface area contributed by atoms with E-state index in [4.69, 9.17) is 9.47 Å². The zero-order chi connectivity index (χ0) is 19.1. The SMILES string of the molecule is COc1ccc(CNC(=O)c2ccnc(Nc3ccccc3OC)c2)cc1. The Morgan fingerprint density at radius 2 is 1.78 bits per heavy atom. The summed E-state index contributed by atoms with van der Waals surface area (Å²) in [5, 5.41) is 6.08. The Kier molecular flexibility index (Phi) is 5.89. The summed E-state index contributed by atoms with van der Waals surface area (Å²) in [6.45, 7) is 0.431. The van der Waals surface area contributed by atoms with Gasteiger partial charge in [0.15, 0.2) is 0 Å². The Balaban J connectivity index is 1.66. The fourth-order valence-electron chi connectivity index (χ4n) is 2.55. The fourth-order valence-corrected chi connectivity index (χ4v) is 2.55. The maximum Gasteiger partial charge on any atom is 0.251 e. The number of nitrogens with one attached hydrogen (secondary N) is 2. The van der Waals surface area contributed by atoms with E-state index in [9.17, 15) is 4.79 Å². The van der Waals surface area contributed by atoms with E-state index in [1.807, 2.05) is 48.5 Å². The number of rotatable bonds is 7. The highest BCUT2D eigenvalue weighted by Crippen LogP contribution is 2.26. The molecule has 1 amide bonds. The van der Waals surface area contributed by atoms with E-state index in [-0.39, 0.29) is 5.91 Å². The number of hydrogen-bond donors (Lipinski definition) is 2. The number of pyridine rings is 1. The molecule has 0 aliphatic carbocycles. The van der Waals surface area contributed by atoms with Crippen LogP contribution in [-0.4, -0.2) is 25.1 Å². The zero-order valence-electron chi connectivity index (χ0n) is 15.2. The van der Waals surface area contributed by atoms with Crippen LogP contribution in [0, 0.1) is 0 Å². The molecule has 2 aromatic carbocycles. The maximum absolute atomic E-state index is 12.5. The summed E-state index contributed by atoms with van der Waals surface area (Å²) < 4.78 is 10.5. The summed E-state index contributed by atoms with van der Waals surface area (Å²) in [6, 6.07) is 18.5. The van der Waals surface area contributed by atoms with Crippen molar-refractivity contribution in [2.75, 3.05) is 19.5 Å². The molecule has 0 radical (unpaired) electrons. The van der Waals surface area contributed by atoms with Crippen molar-refractivity contribution in [3.8, 4) is 11.5 Å². The van der Waals surface area contributed by atoms with Crippen molar-refractivity contribution in [2.24, 2.45) is 0 Å². The molecule has 2 N–H and O–H groups in total. The lowest BCUT2D eigenvalue weighted by Crippen LogP contribution is -2.22. The van der Waals surface area contributed by atoms with Crippen LogP contribution in [0.4, 0.5) is 11.5 Å². The molecule has 6 heteroatoms. The standard InChI is InChI=1S/C21H21N3O3/c1-26-17-9-7-15(8-10-17)14-23-21(25)16-11-12-22-20(13-16)24-18-5-3-4-6-19(18)27-2/h3-13H,14H2,1-2H3,(H,22,24)(H,23,25). The molecular formula is C21H21N3O3. The third-order valence-corrected chi connectivity index (χ3v) is 4.00. The number of anilines is 2. The minimum absolute atomic E-state index is 0.170. The number of benzene rings is 2. The normalized spacial score (nSPS) is 10.1. The molecule has 0 aliphatic rings. The molecule has 0 unspecified atom stereocenters. The third-order valence-electron chi connectivity index (χ3n) is 4.00. The summed E-state index contributed by atoms with van der Waals surface area (Å²) in [7, 11) is 3.23. The van der Waals surface area contributed by atoms with Gasteiger partial charge in [-0.1, -0.05) is 24.3 Å². The number of nitrogens with zero attached hydrogens (tertiary/aromatic N) is 1. The lowest BCUT2D eigenvalue weighted by atomic mass is 10.2. The summed E-state index contributed by atoms with van der Waals surface area (Å²) in [4.78, 5) is 16.7. The van der Waals surface area contributed by atoms with Gasteiger partial charge >= 0.3 is 0 Å². The van der Waals surface area contributed by atoms with Gasteiger partial charge in [-0.25, -0.2) is 4.98 Å². The van der Waals surface area contributed by atoms with Crippen molar-refractivity contribution in [1.82, 2.24) is 10.3 Å². The van der Waals surface area contributed by atoms with E-state index in [0.717, 1.165) is 17.0 Å². The quantitative estimate of drug-likeness (QED) is 0.668. The second kappa shape index (κ2) is 8.71. The first kappa shape index (κ1) is 18.3. The molecule has 6 nitrogen and oxygen atoms in total. The van der Waals surface area contributed by atoms with Crippen molar-refractivity contribution < 1.29 is 14.3 Å². The molecule has 0 bridgehead atoms. The van der Waals surface area contributed by atoms with Gasteiger partial charge < -0.3 is 20.1 Å². The average molecular weight is 363 g/mol. The molecule has 0 saturated heterocycles. The van der Waals surface area contributed by atoms with Crippen LogP contribution in [-0.2, 0) is 6.54 Å². The molecule has 0 spiro atoms. The minimum Gasteiger partial charge on any atom is -0.497 e. The van der Waals surface area contributed by atoms with Crippen LogP contribution in [0.25, 0.3) is 0 Å². The topological polar surface area (TPSA) is 72.5 Å². The Labute approximate surface area is 158 Å². The molecule has 0 fully saturated rings. The second-order valence-electron chi connectivity index (χ2n) is 5.79. The van der Waals surface area contributed by atoms with Crippen LogP contribution in [0.5, 0.6) is 11.5 Å². The molecule has 0 aliphatic heterocycles. The second-order valence-corrected chi connectivity index (χ2v) is 5.79. The van der Waals surface area contributed by atoms with E-state index >= 15 is 0 Å². The smallest absolute Gasteiger partial charge is 0.251 e. The maximum atomic E-state index is 12.5. The van der Waals surface area contributed by atoms with Gasteiger partial charge in [0.2, 0.25) is 0 Å². The van der Waals surface area contributed by atoms with Crippen LogP contribution in [0.1, 0.15) is 15.9 Å². The van der Waals surface area contributed by atoms with Crippen molar-refractivity contribution in [3.63, 3.8) is 0 Å². The summed E-state index contributed by atoms with van der Waals surface area (Å²) >= 11 is 0. The van der Waals surface area contributed by atoms with E-state index in [0.29, 0.717) is 23.7 Å². The van der Waals surface area contributed by atoms with Crippen LogP contribution in [0.3, 0.4) is 0 Å². The van der Waals surface area contributed by atoms with Gasteiger partial charge in [0, 0.05) is 18.3 Å². The predicted molar refractivity (Wildman–Crippen MR) is 105 cm³/mol.